The number of rotatable bonds is 5. The number of hydrogen-bond donors (Lipinski definition) is 1. The van der Waals surface area contributed by atoms with Crippen LogP contribution in [-0.4, -0.2) is 29.8 Å². The standard InChI is InChI=1S/C17H26N2O3/c1-4-14(16-10(2)19-22-11(16)3)17(20)18-13-7-8-21-15(9-13)12-5-6-12/h12-15H,4-9H2,1-3H3,(H,18,20)/t13-,14-,15+/m0/s1. The lowest BCUT2D eigenvalue weighted by molar-refractivity contribution is -0.124. The summed E-state index contributed by atoms with van der Waals surface area (Å²) in [6, 6.07) is 0.237. The van der Waals surface area contributed by atoms with Gasteiger partial charge in [-0.1, -0.05) is 12.1 Å². The van der Waals surface area contributed by atoms with Crippen LogP contribution in [0.1, 0.15) is 62.0 Å². The normalized spacial score (nSPS) is 26.7. The predicted molar refractivity (Wildman–Crippen MR) is 82.6 cm³/mol. The molecule has 1 aromatic heterocycles. The van der Waals surface area contributed by atoms with Gasteiger partial charge in [-0.15, -0.1) is 0 Å². The van der Waals surface area contributed by atoms with Crippen LogP contribution in [0.25, 0.3) is 0 Å². The summed E-state index contributed by atoms with van der Waals surface area (Å²) >= 11 is 0. The molecule has 0 radical (unpaired) electrons. The summed E-state index contributed by atoms with van der Waals surface area (Å²) in [6.45, 7) is 6.57. The molecule has 122 valence electrons. The fraction of sp³-hybridized carbons (Fsp3) is 0.765. The number of nitrogens with one attached hydrogen (secondary N) is 1. The SMILES string of the molecule is CC[C@H](C(=O)N[C@H]1CCO[C@@H](C2CC2)C1)c1c(C)noc1C. The van der Waals surface area contributed by atoms with Gasteiger partial charge in [-0.3, -0.25) is 4.79 Å². The minimum Gasteiger partial charge on any atom is -0.378 e. The zero-order valence-electron chi connectivity index (χ0n) is 13.7. The molecule has 1 saturated carbocycles. The zero-order chi connectivity index (χ0) is 15.7. The topological polar surface area (TPSA) is 64.4 Å². The zero-order valence-corrected chi connectivity index (χ0v) is 13.7. The maximum absolute atomic E-state index is 12.7. The highest BCUT2D eigenvalue weighted by atomic mass is 16.5. The highest BCUT2D eigenvalue weighted by molar-refractivity contribution is 5.84. The van der Waals surface area contributed by atoms with Crippen LogP contribution in [0.5, 0.6) is 0 Å². The number of carbonyl (C=O) groups is 1. The summed E-state index contributed by atoms with van der Waals surface area (Å²) < 4.78 is 11.1. The number of carbonyl (C=O) groups excluding carboxylic acids is 1. The first-order chi connectivity index (χ1) is 10.6. The van der Waals surface area contributed by atoms with Gasteiger partial charge in [-0.25, -0.2) is 0 Å². The van der Waals surface area contributed by atoms with Crippen molar-refractivity contribution in [2.75, 3.05) is 6.61 Å². The average molecular weight is 306 g/mol. The van der Waals surface area contributed by atoms with Gasteiger partial charge in [-0.2, -0.15) is 0 Å². The second-order valence-corrected chi connectivity index (χ2v) is 6.68. The Labute approximate surface area is 131 Å². The molecule has 1 aliphatic carbocycles. The third-order valence-electron chi connectivity index (χ3n) is 4.97. The van der Waals surface area contributed by atoms with Gasteiger partial charge in [0.2, 0.25) is 5.91 Å². The van der Waals surface area contributed by atoms with Crippen LogP contribution >= 0.6 is 0 Å². The van der Waals surface area contributed by atoms with Gasteiger partial charge >= 0.3 is 0 Å². The van der Waals surface area contributed by atoms with E-state index in [-0.39, 0.29) is 17.9 Å². The molecule has 5 nitrogen and oxygen atoms in total. The predicted octanol–water partition coefficient (Wildman–Crippen LogP) is 2.86. The molecule has 1 aliphatic heterocycles. The second kappa shape index (κ2) is 6.41. The van der Waals surface area contributed by atoms with Crippen LogP contribution in [0.3, 0.4) is 0 Å². The van der Waals surface area contributed by atoms with E-state index in [0.717, 1.165) is 48.8 Å². The molecule has 0 aromatic carbocycles. The van der Waals surface area contributed by atoms with Crippen LogP contribution in [0.4, 0.5) is 0 Å². The molecule has 0 unspecified atom stereocenters. The first kappa shape index (κ1) is 15.5. The minimum atomic E-state index is -0.173. The van der Waals surface area contributed by atoms with Gasteiger partial charge in [0.1, 0.15) is 5.76 Å². The van der Waals surface area contributed by atoms with E-state index >= 15 is 0 Å². The van der Waals surface area contributed by atoms with Crippen molar-refractivity contribution in [1.82, 2.24) is 10.5 Å². The molecular formula is C17H26N2O3. The maximum Gasteiger partial charge on any atom is 0.227 e. The fourth-order valence-electron chi connectivity index (χ4n) is 3.57. The van der Waals surface area contributed by atoms with E-state index in [0.29, 0.717) is 6.10 Å². The molecule has 0 bridgehead atoms. The third kappa shape index (κ3) is 3.19. The van der Waals surface area contributed by atoms with Crippen molar-refractivity contribution in [3.8, 4) is 0 Å². The first-order valence-electron chi connectivity index (χ1n) is 8.44. The first-order valence-corrected chi connectivity index (χ1v) is 8.44. The summed E-state index contributed by atoms with van der Waals surface area (Å²) in [4.78, 5) is 12.7. The van der Waals surface area contributed by atoms with Crippen LogP contribution in [-0.2, 0) is 9.53 Å². The number of ether oxygens (including phenoxy) is 1. The Hall–Kier alpha value is -1.36. The monoisotopic (exact) mass is 306 g/mol. The molecule has 1 aromatic rings. The molecular weight excluding hydrogens is 280 g/mol. The summed E-state index contributed by atoms with van der Waals surface area (Å²) in [7, 11) is 0. The molecule has 1 saturated heterocycles. The van der Waals surface area contributed by atoms with Crippen molar-refractivity contribution in [2.24, 2.45) is 5.92 Å². The highest BCUT2D eigenvalue weighted by Gasteiger charge is 2.37. The number of hydrogen-bond acceptors (Lipinski definition) is 4. The van der Waals surface area contributed by atoms with Crippen molar-refractivity contribution >= 4 is 5.91 Å². The van der Waals surface area contributed by atoms with E-state index in [4.69, 9.17) is 9.26 Å². The summed E-state index contributed by atoms with van der Waals surface area (Å²) in [5, 5.41) is 7.22. The number of aromatic nitrogens is 1. The Balaban J connectivity index is 1.64. The van der Waals surface area contributed by atoms with E-state index in [2.05, 4.69) is 10.5 Å². The molecule has 0 spiro atoms. The number of amides is 1. The van der Waals surface area contributed by atoms with Crippen molar-refractivity contribution in [1.29, 1.82) is 0 Å². The number of aryl methyl sites for hydroxylation is 2. The molecule has 5 heteroatoms. The van der Waals surface area contributed by atoms with E-state index in [1.807, 2.05) is 20.8 Å². The van der Waals surface area contributed by atoms with E-state index < -0.39 is 0 Å². The van der Waals surface area contributed by atoms with E-state index in [1.165, 1.54) is 12.8 Å². The minimum absolute atomic E-state index is 0.0957. The summed E-state index contributed by atoms with van der Waals surface area (Å²) in [5.74, 6) is 1.40. The second-order valence-electron chi connectivity index (χ2n) is 6.68. The van der Waals surface area contributed by atoms with Gasteiger partial charge < -0.3 is 14.6 Å². The summed E-state index contributed by atoms with van der Waals surface area (Å²) in [5.41, 5.74) is 1.77. The lowest BCUT2D eigenvalue weighted by Gasteiger charge is -2.31. The lowest BCUT2D eigenvalue weighted by atomic mass is 9.92. The Morgan fingerprint density at radius 2 is 2.14 bits per heavy atom. The molecule has 2 fully saturated rings. The smallest absolute Gasteiger partial charge is 0.227 e. The molecule has 3 rings (SSSR count). The Morgan fingerprint density at radius 1 is 1.36 bits per heavy atom. The third-order valence-corrected chi connectivity index (χ3v) is 4.97. The van der Waals surface area contributed by atoms with Crippen molar-refractivity contribution in [3.05, 3.63) is 17.0 Å². The van der Waals surface area contributed by atoms with Gasteiger partial charge in [0.15, 0.2) is 0 Å². The highest BCUT2D eigenvalue weighted by Crippen LogP contribution is 2.38. The van der Waals surface area contributed by atoms with Crippen LogP contribution in [0.15, 0.2) is 4.52 Å². The molecule has 2 aliphatic rings. The van der Waals surface area contributed by atoms with E-state index in [9.17, 15) is 4.79 Å². The Kier molecular flexibility index (Phi) is 4.52. The molecule has 1 N–H and O–H groups in total. The fourth-order valence-corrected chi connectivity index (χ4v) is 3.57. The van der Waals surface area contributed by atoms with Crippen LogP contribution in [0, 0.1) is 19.8 Å². The van der Waals surface area contributed by atoms with Crippen molar-refractivity contribution in [3.63, 3.8) is 0 Å². The average Bonchev–Trinajstić information content (AvgIpc) is 3.30. The Morgan fingerprint density at radius 3 is 2.73 bits per heavy atom. The molecule has 2 heterocycles. The van der Waals surface area contributed by atoms with Crippen LogP contribution < -0.4 is 5.32 Å². The van der Waals surface area contributed by atoms with Gasteiger partial charge in [-0.05, 0) is 51.9 Å². The quantitative estimate of drug-likeness (QED) is 0.908. The van der Waals surface area contributed by atoms with Crippen molar-refractivity contribution < 1.29 is 14.1 Å². The lowest BCUT2D eigenvalue weighted by Crippen LogP contribution is -2.44. The summed E-state index contributed by atoms with van der Waals surface area (Å²) in [6.07, 6.45) is 5.52. The van der Waals surface area contributed by atoms with E-state index in [1.54, 1.807) is 0 Å². The number of nitrogens with zero attached hydrogens (tertiary/aromatic N) is 1. The van der Waals surface area contributed by atoms with Gasteiger partial charge in [0, 0.05) is 18.2 Å². The Bertz CT molecular complexity index is 517. The molecule has 22 heavy (non-hydrogen) atoms. The largest absolute Gasteiger partial charge is 0.378 e. The van der Waals surface area contributed by atoms with Gasteiger partial charge in [0.25, 0.3) is 0 Å². The van der Waals surface area contributed by atoms with Gasteiger partial charge in [0.05, 0.1) is 17.7 Å². The molecule has 3 atom stereocenters. The van der Waals surface area contributed by atoms with Crippen molar-refractivity contribution in [2.45, 2.75) is 70.9 Å². The van der Waals surface area contributed by atoms with Crippen LogP contribution in [0.2, 0.25) is 0 Å². The molecule has 1 amide bonds. The maximum atomic E-state index is 12.7.